The molecule has 28 heavy (non-hydrogen) atoms. The van der Waals surface area contributed by atoms with Crippen molar-refractivity contribution in [2.45, 2.75) is 26.2 Å². The summed E-state index contributed by atoms with van der Waals surface area (Å²) in [4.78, 5) is 13.2. The van der Waals surface area contributed by atoms with Crippen LogP contribution in [0.2, 0.25) is 5.02 Å². The Labute approximate surface area is 167 Å². The van der Waals surface area contributed by atoms with Gasteiger partial charge >= 0.3 is 0 Å². The molecular weight excluding hydrogens is 379 g/mol. The quantitative estimate of drug-likeness (QED) is 0.680. The van der Waals surface area contributed by atoms with E-state index < -0.39 is 5.82 Å². The van der Waals surface area contributed by atoms with Gasteiger partial charge in [0, 0.05) is 17.9 Å². The molecular formula is C23H20ClFO3. The standard InChI is InChI=1S/C23H20ClFO3/c1-11-2-5-14(28-15-6-7-17(24)18(25)10-15)9-16(11)21-22(26)19-12-3-4-13(8-12)20(19)23(21)27/h2,5-7,9-10,12-13,19-20,26H,3-4,8H2,1H3/t12-,13+,19-,20+/m0/s1. The highest BCUT2D eigenvalue weighted by Crippen LogP contribution is 2.60. The van der Waals surface area contributed by atoms with Crippen LogP contribution in [0, 0.1) is 36.4 Å². The van der Waals surface area contributed by atoms with Gasteiger partial charge in [0.05, 0.1) is 10.6 Å². The second-order valence-electron chi connectivity index (χ2n) is 8.16. The van der Waals surface area contributed by atoms with Crippen LogP contribution in [0.15, 0.2) is 42.2 Å². The van der Waals surface area contributed by atoms with E-state index in [9.17, 15) is 14.3 Å². The van der Waals surface area contributed by atoms with Crippen molar-refractivity contribution in [3.05, 3.63) is 64.1 Å². The van der Waals surface area contributed by atoms with Gasteiger partial charge in [-0.3, -0.25) is 4.79 Å². The summed E-state index contributed by atoms with van der Waals surface area (Å²) in [6.07, 6.45) is 3.24. The topological polar surface area (TPSA) is 46.5 Å². The third-order valence-electron chi connectivity index (χ3n) is 6.64. The van der Waals surface area contributed by atoms with E-state index in [-0.39, 0.29) is 28.4 Å². The minimum Gasteiger partial charge on any atom is -0.511 e. The van der Waals surface area contributed by atoms with Crippen molar-refractivity contribution in [1.82, 2.24) is 0 Å². The maximum absolute atomic E-state index is 13.7. The number of ether oxygens (including phenoxy) is 1. The molecule has 0 aliphatic heterocycles. The zero-order valence-corrected chi connectivity index (χ0v) is 16.2. The van der Waals surface area contributed by atoms with Crippen LogP contribution < -0.4 is 4.74 Å². The van der Waals surface area contributed by atoms with E-state index >= 15 is 0 Å². The molecule has 0 saturated heterocycles. The SMILES string of the molecule is Cc1ccc(Oc2ccc(Cl)c(F)c2)cc1C1=C(O)[C@H]2[C@H]3CC[C@H](C3)[C@H]2C1=O. The number of aliphatic hydroxyl groups is 1. The van der Waals surface area contributed by atoms with Crippen molar-refractivity contribution >= 4 is 23.0 Å². The molecule has 3 nitrogen and oxygen atoms in total. The first-order valence-corrected chi connectivity index (χ1v) is 10.0. The molecule has 2 bridgehead atoms. The molecule has 2 aromatic rings. The Morgan fingerprint density at radius 1 is 1.07 bits per heavy atom. The highest BCUT2D eigenvalue weighted by molar-refractivity contribution is 6.30. The Morgan fingerprint density at radius 3 is 2.46 bits per heavy atom. The molecule has 0 heterocycles. The fourth-order valence-electron chi connectivity index (χ4n) is 5.40. The normalized spacial score (nSPS) is 28.2. The number of ketones is 1. The van der Waals surface area contributed by atoms with Crippen LogP contribution >= 0.6 is 11.6 Å². The highest BCUT2D eigenvalue weighted by Gasteiger charge is 2.57. The molecule has 5 heteroatoms. The Balaban J connectivity index is 1.51. The summed E-state index contributed by atoms with van der Waals surface area (Å²) in [5.41, 5.74) is 2.04. The second-order valence-corrected chi connectivity index (χ2v) is 8.57. The van der Waals surface area contributed by atoms with Crippen molar-refractivity contribution in [3.8, 4) is 11.5 Å². The lowest BCUT2D eigenvalue weighted by molar-refractivity contribution is -0.118. The molecule has 2 saturated carbocycles. The maximum atomic E-state index is 13.7. The van der Waals surface area contributed by atoms with Gasteiger partial charge in [-0.1, -0.05) is 17.7 Å². The van der Waals surface area contributed by atoms with E-state index in [0.717, 1.165) is 24.8 Å². The van der Waals surface area contributed by atoms with E-state index in [2.05, 4.69) is 0 Å². The van der Waals surface area contributed by atoms with Crippen LogP contribution in [0.4, 0.5) is 4.39 Å². The molecule has 0 unspecified atom stereocenters. The van der Waals surface area contributed by atoms with Crippen LogP contribution in [0.1, 0.15) is 30.4 Å². The van der Waals surface area contributed by atoms with Gasteiger partial charge in [-0.05, 0) is 73.4 Å². The number of halogens is 2. The molecule has 4 atom stereocenters. The number of hydrogen-bond acceptors (Lipinski definition) is 3. The molecule has 5 rings (SSSR count). The van der Waals surface area contributed by atoms with Crippen LogP contribution in [0.25, 0.3) is 5.57 Å². The van der Waals surface area contributed by atoms with Gasteiger partial charge in [-0.2, -0.15) is 0 Å². The van der Waals surface area contributed by atoms with Crippen LogP contribution in [0.3, 0.4) is 0 Å². The highest BCUT2D eigenvalue weighted by atomic mass is 35.5. The lowest BCUT2D eigenvalue weighted by Crippen LogP contribution is -2.24. The number of rotatable bonds is 3. The average Bonchev–Trinajstić information content (AvgIpc) is 3.34. The summed E-state index contributed by atoms with van der Waals surface area (Å²) in [5, 5.41) is 11.0. The van der Waals surface area contributed by atoms with E-state index in [0.29, 0.717) is 34.5 Å². The summed E-state index contributed by atoms with van der Waals surface area (Å²) in [6, 6.07) is 9.63. The number of carbonyl (C=O) groups is 1. The van der Waals surface area contributed by atoms with Gasteiger partial charge in [0.2, 0.25) is 0 Å². The van der Waals surface area contributed by atoms with Gasteiger partial charge in [0.1, 0.15) is 23.1 Å². The lowest BCUT2D eigenvalue weighted by Gasteiger charge is -2.23. The fraction of sp³-hybridized carbons (Fsp3) is 0.348. The first kappa shape index (κ1) is 17.7. The van der Waals surface area contributed by atoms with Gasteiger partial charge in [-0.15, -0.1) is 0 Å². The molecule has 0 spiro atoms. The minimum absolute atomic E-state index is 0.0180. The lowest BCUT2D eigenvalue weighted by atomic mass is 9.80. The molecule has 2 fully saturated rings. The monoisotopic (exact) mass is 398 g/mol. The maximum Gasteiger partial charge on any atom is 0.170 e. The van der Waals surface area contributed by atoms with Crippen LogP contribution in [0.5, 0.6) is 11.5 Å². The molecule has 0 aromatic heterocycles. The summed E-state index contributed by atoms with van der Waals surface area (Å²) in [7, 11) is 0. The Kier molecular flexibility index (Phi) is 4.02. The molecule has 3 aliphatic carbocycles. The third-order valence-corrected chi connectivity index (χ3v) is 6.95. The van der Waals surface area contributed by atoms with E-state index in [1.54, 1.807) is 18.2 Å². The summed E-state index contributed by atoms with van der Waals surface area (Å²) in [5.74, 6) is 1.30. The van der Waals surface area contributed by atoms with Crippen molar-refractivity contribution < 1.29 is 19.0 Å². The first-order chi connectivity index (χ1) is 13.4. The van der Waals surface area contributed by atoms with E-state index in [1.807, 2.05) is 13.0 Å². The van der Waals surface area contributed by atoms with Crippen molar-refractivity contribution in [3.63, 3.8) is 0 Å². The number of allylic oxidation sites excluding steroid dienone is 2. The minimum atomic E-state index is -0.555. The first-order valence-electron chi connectivity index (χ1n) is 9.65. The zero-order chi connectivity index (χ0) is 19.6. The van der Waals surface area contributed by atoms with Crippen LogP contribution in [-0.2, 0) is 4.79 Å². The van der Waals surface area contributed by atoms with Gasteiger partial charge in [-0.25, -0.2) is 4.39 Å². The van der Waals surface area contributed by atoms with Crippen molar-refractivity contribution in [2.24, 2.45) is 23.7 Å². The predicted molar refractivity (Wildman–Crippen MR) is 105 cm³/mol. The number of carbonyl (C=O) groups excluding carboxylic acids is 1. The van der Waals surface area contributed by atoms with E-state index in [1.165, 1.54) is 12.1 Å². The average molecular weight is 399 g/mol. The molecule has 0 radical (unpaired) electrons. The zero-order valence-electron chi connectivity index (χ0n) is 15.4. The van der Waals surface area contributed by atoms with Crippen molar-refractivity contribution in [2.75, 3.05) is 0 Å². The summed E-state index contributed by atoms with van der Waals surface area (Å²) in [6.45, 7) is 1.91. The second kappa shape index (κ2) is 6.35. The number of hydrogen-bond donors (Lipinski definition) is 1. The number of aryl methyl sites for hydroxylation is 1. The van der Waals surface area contributed by atoms with Crippen LogP contribution in [-0.4, -0.2) is 10.9 Å². The molecule has 144 valence electrons. The molecule has 3 aliphatic rings. The number of Topliss-reactive ketones (excluding diaryl/α,β-unsaturated/α-hetero) is 1. The van der Waals surface area contributed by atoms with Crippen molar-refractivity contribution in [1.29, 1.82) is 0 Å². The number of benzene rings is 2. The molecule has 0 amide bonds. The van der Waals surface area contributed by atoms with E-state index in [4.69, 9.17) is 16.3 Å². The smallest absolute Gasteiger partial charge is 0.170 e. The van der Waals surface area contributed by atoms with Gasteiger partial charge in [0.25, 0.3) is 0 Å². The molecule has 2 aromatic carbocycles. The predicted octanol–water partition coefficient (Wildman–Crippen LogP) is 6.09. The fourth-order valence-corrected chi connectivity index (χ4v) is 5.52. The molecule has 1 N–H and O–H groups in total. The number of fused-ring (bicyclic) bond motifs is 5. The number of aliphatic hydroxyl groups excluding tert-OH is 1. The Bertz CT molecular complexity index is 1030. The van der Waals surface area contributed by atoms with Gasteiger partial charge in [0.15, 0.2) is 5.78 Å². The Morgan fingerprint density at radius 2 is 1.75 bits per heavy atom. The largest absolute Gasteiger partial charge is 0.511 e. The summed E-state index contributed by atoms with van der Waals surface area (Å²) < 4.78 is 19.5. The third kappa shape index (κ3) is 2.58. The summed E-state index contributed by atoms with van der Waals surface area (Å²) >= 11 is 5.72. The Hall–Kier alpha value is -2.33. The van der Waals surface area contributed by atoms with Gasteiger partial charge < -0.3 is 9.84 Å².